The first-order chi connectivity index (χ1) is 15.0. The normalized spacial score (nSPS) is 18.2. The molecule has 2 saturated heterocycles. The van der Waals surface area contributed by atoms with Crippen molar-refractivity contribution in [2.24, 2.45) is 11.5 Å². The maximum atomic E-state index is 12.5. The van der Waals surface area contributed by atoms with Crippen LogP contribution in [0.2, 0.25) is 0 Å². The molecule has 1 atom stereocenters. The van der Waals surface area contributed by atoms with Crippen molar-refractivity contribution in [1.29, 1.82) is 0 Å². The van der Waals surface area contributed by atoms with Gasteiger partial charge in [0, 0.05) is 50.9 Å². The number of likely N-dealkylation sites (tertiary alicyclic amines) is 2. The quantitative estimate of drug-likeness (QED) is 0.503. The van der Waals surface area contributed by atoms with Crippen LogP contribution in [-0.4, -0.2) is 77.6 Å². The minimum atomic E-state index is -0.601. The van der Waals surface area contributed by atoms with Crippen molar-refractivity contribution in [3.8, 4) is 11.5 Å². The van der Waals surface area contributed by atoms with E-state index in [9.17, 15) is 9.59 Å². The molecule has 13 heteroatoms. The Morgan fingerprint density at radius 3 is 2.38 bits per heavy atom. The van der Waals surface area contributed by atoms with Crippen LogP contribution in [0.25, 0.3) is 11.5 Å². The Hall–Kier alpha value is -1.82. The maximum absolute atomic E-state index is 12.5. The fourth-order valence-corrected chi connectivity index (χ4v) is 4.37. The fraction of sp³-hybridized carbons (Fsp3) is 0.571. The molecule has 34 heavy (non-hydrogen) atoms. The van der Waals surface area contributed by atoms with Gasteiger partial charge in [0.2, 0.25) is 11.7 Å². The van der Waals surface area contributed by atoms with Gasteiger partial charge in [0.15, 0.2) is 5.76 Å². The van der Waals surface area contributed by atoms with Crippen LogP contribution >= 0.6 is 37.2 Å². The van der Waals surface area contributed by atoms with Gasteiger partial charge in [-0.15, -0.1) is 37.2 Å². The standard InChI is InChI=1S/C21H30N6O4.3ClH/c22-13-16(23)21(29)27-9-5-15(6-10-27)26-7-3-14(4-8-26)24-20(28)19-12-17(25-31-19)18-2-1-11-30-18;;;/h1-2,11-12,14-16H,3-10,13,22-23H2,(H,24,28);3*1H/t16-;;;/m0.../s1. The molecular formula is C21H33Cl3N6O4. The number of nitrogens with zero attached hydrogens (tertiary/aromatic N) is 3. The maximum Gasteiger partial charge on any atom is 0.290 e. The molecule has 0 radical (unpaired) electrons. The van der Waals surface area contributed by atoms with Crippen molar-refractivity contribution in [2.45, 2.75) is 43.8 Å². The highest BCUT2D eigenvalue weighted by atomic mass is 35.5. The van der Waals surface area contributed by atoms with E-state index < -0.39 is 6.04 Å². The topological polar surface area (TPSA) is 144 Å². The van der Waals surface area contributed by atoms with Gasteiger partial charge in [0.25, 0.3) is 5.91 Å². The number of aromatic nitrogens is 1. The molecular weight excluding hydrogens is 507 g/mol. The number of amides is 2. The highest BCUT2D eigenvalue weighted by Gasteiger charge is 2.31. The summed E-state index contributed by atoms with van der Waals surface area (Å²) >= 11 is 0. The molecule has 2 aromatic rings. The number of rotatable bonds is 6. The lowest BCUT2D eigenvalue weighted by molar-refractivity contribution is -0.134. The third-order valence-corrected chi connectivity index (χ3v) is 6.24. The van der Waals surface area contributed by atoms with Gasteiger partial charge in [0.05, 0.1) is 12.3 Å². The Kier molecular flexibility index (Phi) is 12.4. The van der Waals surface area contributed by atoms with Crippen molar-refractivity contribution < 1.29 is 18.5 Å². The third-order valence-electron chi connectivity index (χ3n) is 6.24. The third kappa shape index (κ3) is 7.10. The monoisotopic (exact) mass is 538 g/mol. The van der Waals surface area contributed by atoms with Crippen molar-refractivity contribution in [3.05, 3.63) is 30.2 Å². The molecule has 4 heterocycles. The van der Waals surface area contributed by atoms with E-state index in [1.54, 1.807) is 24.5 Å². The van der Waals surface area contributed by atoms with Crippen LogP contribution in [0, 0.1) is 0 Å². The summed E-state index contributed by atoms with van der Waals surface area (Å²) in [7, 11) is 0. The van der Waals surface area contributed by atoms with Crippen LogP contribution in [-0.2, 0) is 4.79 Å². The Bertz CT molecular complexity index is 881. The summed E-state index contributed by atoms with van der Waals surface area (Å²) in [5.74, 6) is 0.437. The molecule has 4 rings (SSSR count). The van der Waals surface area contributed by atoms with E-state index in [0.717, 1.165) is 51.9 Å². The number of piperidine rings is 2. The zero-order chi connectivity index (χ0) is 21.8. The van der Waals surface area contributed by atoms with Crippen LogP contribution in [0.15, 0.2) is 33.4 Å². The number of hydrogen-bond donors (Lipinski definition) is 3. The SMILES string of the molecule is Cl.Cl.Cl.NC[C@H](N)C(=O)N1CCC(N2CCC(NC(=O)c3cc(-c4ccco4)no3)CC2)CC1. The number of furan rings is 1. The van der Waals surface area contributed by atoms with Crippen molar-refractivity contribution in [3.63, 3.8) is 0 Å². The van der Waals surface area contributed by atoms with Crippen molar-refractivity contribution in [2.75, 3.05) is 32.7 Å². The minimum Gasteiger partial charge on any atom is -0.463 e. The Morgan fingerprint density at radius 1 is 1.12 bits per heavy atom. The largest absolute Gasteiger partial charge is 0.463 e. The summed E-state index contributed by atoms with van der Waals surface area (Å²) < 4.78 is 10.5. The van der Waals surface area contributed by atoms with Gasteiger partial charge in [-0.3, -0.25) is 9.59 Å². The lowest BCUT2D eigenvalue weighted by Crippen LogP contribution is -2.54. The van der Waals surface area contributed by atoms with E-state index in [4.69, 9.17) is 20.4 Å². The first-order valence-corrected chi connectivity index (χ1v) is 10.8. The van der Waals surface area contributed by atoms with E-state index in [1.165, 1.54) is 0 Å². The predicted molar refractivity (Wildman–Crippen MR) is 135 cm³/mol. The molecule has 0 aliphatic carbocycles. The fourth-order valence-electron chi connectivity index (χ4n) is 4.37. The Labute approximate surface area is 217 Å². The second-order valence-corrected chi connectivity index (χ2v) is 8.24. The molecule has 2 fully saturated rings. The molecule has 2 aliphatic heterocycles. The molecule has 0 spiro atoms. The van der Waals surface area contributed by atoms with Gasteiger partial charge < -0.3 is 35.5 Å². The van der Waals surface area contributed by atoms with E-state index in [2.05, 4.69) is 15.4 Å². The first-order valence-electron chi connectivity index (χ1n) is 10.8. The molecule has 5 N–H and O–H groups in total. The van der Waals surface area contributed by atoms with Crippen molar-refractivity contribution in [1.82, 2.24) is 20.3 Å². The smallest absolute Gasteiger partial charge is 0.290 e. The zero-order valence-electron chi connectivity index (χ0n) is 18.8. The lowest BCUT2D eigenvalue weighted by atomic mass is 9.97. The second-order valence-electron chi connectivity index (χ2n) is 8.24. The van der Waals surface area contributed by atoms with E-state index in [0.29, 0.717) is 17.5 Å². The number of carbonyl (C=O) groups excluding carboxylic acids is 2. The van der Waals surface area contributed by atoms with Crippen LogP contribution < -0.4 is 16.8 Å². The minimum absolute atomic E-state index is 0. The highest BCUT2D eigenvalue weighted by Crippen LogP contribution is 2.23. The van der Waals surface area contributed by atoms with Gasteiger partial charge in [-0.25, -0.2) is 0 Å². The van der Waals surface area contributed by atoms with Gasteiger partial charge in [-0.2, -0.15) is 0 Å². The van der Waals surface area contributed by atoms with Gasteiger partial charge in [0.1, 0.15) is 5.69 Å². The molecule has 2 aliphatic rings. The average Bonchev–Trinajstić information content (AvgIpc) is 3.51. The molecule has 192 valence electrons. The number of halogens is 3. The van der Waals surface area contributed by atoms with Gasteiger partial charge >= 0.3 is 0 Å². The molecule has 0 saturated carbocycles. The summed E-state index contributed by atoms with van der Waals surface area (Å²) in [6.45, 7) is 3.45. The summed E-state index contributed by atoms with van der Waals surface area (Å²) in [5, 5.41) is 6.95. The first kappa shape index (κ1) is 30.2. The molecule has 0 unspecified atom stereocenters. The van der Waals surface area contributed by atoms with E-state index >= 15 is 0 Å². The summed E-state index contributed by atoms with van der Waals surface area (Å²) in [4.78, 5) is 29.0. The van der Waals surface area contributed by atoms with Gasteiger partial charge in [-0.1, -0.05) is 5.16 Å². The summed E-state index contributed by atoms with van der Waals surface area (Å²) in [5.41, 5.74) is 11.8. The number of nitrogens with two attached hydrogens (primary N) is 2. The van der Waals surface area contributed by atoms with Crippen LogP contribution in [0.4, 0.5) is 0 Å². The van der Waals surface area contributed by atoms with Crippen LogP contribution in [0.1, 0.15) is 36.2 Å². The predicted octanol–water partition coefficient (Wildman–Crippen LogP) is 1.67. The lowest BCUT2D eigenvalue weighted by Gasteiger charge is -2.42. The average molecular weight is 540 g/mol. The number of hydrogen-bond acceptors (Lipinski definition) is 8. The van der Waals surface area contributed by atoms with Crippen molar-refractivity contribution >= 4 is 49.0 Å². The summed E-state index contributed by atoms with van der Waals surface area (Å²) in [6.07, 6.45) is 5.18. The summed E-state index contributed by atoms with van der Waals surface area (Å²) in [6, 6.07) is 5.08. The molecule has 10 nitrogen and oxygen atoms in total. The molecule has 2 amide bonds. The Morgan fingerprint density at radius 2 is 1.79 bits per heavy atom. The van der Waals surface area contributed by atoms with E-state index in [1.807, 2.05) is 4.90 Å². The Balaban J connectivity index is 0.00000193. The number of carbonyl (C=O) groups is 2. The van der Waals surface area contributed by atoms with E-state index in [-0.39, 0.29) is 67.4 Å². The molecule has 2 aromatic heterocycles. The van der Waals surface area contributed by atoms with Crippen LogP contribution in [0.3, 0.4) is 0 Å². The molecule has 0 bridgehead atoms. The highest BCUT2D eigenvalue weighted by molar-refractivity contribution is 5.92. The number of nitrogens with one attached hydrogen (secondary N) is 1. The second kappa shape index (κ2) is 13.9. The van der Waals surface area contributed by atoms with Gasteiger partial charge in [-0.05, 0) is 37.8 Å². The molecule has 0 aromatic carbocycles. The zero-order valence-corrected chi connectivity index (χ0v) is 21.2. The van der Waals surface area contributed by atoms with Crippen LogP contribution in [0.5, 0.6) is 0 Å².